The first-order chi connectivity index (χ1) is 11.7. The number of carbonyl (C=O) groups is 3. The first-order valence-corrected chi connectivity index (χ1v) is 8.58. The maximum Gasteiger partial charge on any atom is 0.327 e. The van der Waals surface area contributed by atoms with Gasteiger partial charge in [0.1, 0.15) is 0 Å². The summed E-state index contributed by atoms with van der Waals surface area (Å²) in [5, 5.41) is 10.9. The Morgan fingerprint density at radius 1 is 1.04 bits per heavy atom. The molecule has 25 heavy (non-hydrogen) atoms. The summed E-state index contributed by atoms with van der Waals surface area (Å²) in [6, 6.07) is 5.65. The smallest absolute Gasteiger partial charge is 0.327 e. The van der Waals surface area contributed by atoms with Gasteiger partial charge in [-0.2, -0.15) is 8.42 Å². The van der Waals surface area contributed by atoms with Crippen molar-refractivity contribution in [2.24, 2.45) is 0 Å². The average Bonchev–Trinajstić information content (AvgIpc) is 2.52. The van der Waals surface area contributed by atoms with Crippen LogP contribution in [0.3, 0.4) is 0 Å². The molecule has 0 heterocycles. The third kappa shape index (κ3) is 7.99. The number of aliphatic hydroxyl groups excluding tert-OH is 1. The lowest BCUT2D eigenvalue weighted by Gasteiger charge is -2.10. The van der Waals surface area contributed by atoms with Crippen LogP contribution in [0, 0.1) is 0 Å². The van der Waals surface area contributed by atoms with Crippen molar-refractivity contribution in [2.45, 2.75) is 13.3 Å². The van der Waals surface area contributed by atoms with Crippen molar-refractivity contribution in [3.05, 3.63) is 24.3 Å². The maximum absolute atomic E-state index is 11.5. The highest BCUT2D eigenvalue weighted by molar-refractivity contribution is 7.91. The molecule has 1 rings (SSSR count). The van der Waals surface area contributed by atoms with Crippen molar-refractivity contribution in [1.82, 2.24) is 15.5 Å². The molecule has 0 spiro atoms. The van der Waals surface area contributed by atoms with Crippen LogP contribution in [0.15, 0.2) is 24.3 Å². The summed E-state index contributed by atoms with van der Waals surface area (Å²) in [6.07, 6.45) is 0.336. The molecular weight excluding hydrogens is 354 g/mol. The van der Waals surface area contributed by atoms with Crippen LogP contribution in [0.25, 0.3) is 0 Å². The number of anilines is 2. The molecule has 0 aliphatic carbocycles. The lowest BCUT2D eigenvalue weighted by atomic mass is 10.3. The standard InChI is InChI=1S/C13H19N5O6S/c1-9(20)17-25(23,24)18-11-5-3-10(4-6-11)15-16-13(22)12(21)14-7-2-8-19/h3-6,15,18-19H,2,7-8H2,1H3,(H,14,21)(H,16,22)(H,17,20). The number of hydrogen-bond acceptors (Lipinski definition) is 7. The van der Waals surface area contributed by atoms with Crippen LogP contribution in [0.1, 0.15) is 13.3 Å². The molecule has 1 aromatic rings. The lowest BCUT2D eigenvalue weighted by Crippen LogP contribution is -2.42. The monoisotopic (exact) mass is 373 g/mol. The molecule has 0 fully saturated rings. The molecule has 11 nitrogen and oxygen atoms in total. The molecule has 0 saturated heterocycles. The maximum atomic E-state index is 11.5. The fraction of sp³-hybridized carbons (Fsp3) is 0.308. The van der Waals surface area contributed by atoms with E-state index in [-0.39, 0.29) is 18.8 Å². The van der Waals surface area contributed by atoms with Gasteiger partial charge < -0.3 is 10.4 Å². The SMILES string of the molecule is CC(=O)NS(=O)(=O)Nc1ccc(NNC(=O)C(=O)NCCCO)cc1. The molecule has 138 valence electrons. The van der Waals surface area contributed by atoms with Crippen LogP contribution >= 0.6 is 0 Å². The van der Waals surface area contributed by atoms with Crippen LogP contribution in [0.5, 0.6) is 0 Å². The third-order valence-corrected chi connectivity index (χ3v) is 3.62. The summed E-state index contributed by atoms with van der Waals surface area (Å²) < 4.78 is 26.9. The predicted octanol–water partition coefficient (Wildman–Crippen LogP) is -1.58. The molecule has 12 heteroatoms. The van der Waals surface area contributed by atoms with E-state index in [2.05, 4.69) is 20.9 Å². The highest BCUT2D eigenvalue weighted by Crippen LogP contribution is 2.13. The topological polar surface area (TPSA) is 166 Å². The molecule has 0 aromatic heterocycles. The quantitative estimate of drug-likeness (QED) is 0.182. The third-order valence-electron chi connectivity index (χ3n) is 2.56. The number of amides is 3. The largest absolute Gasteiger partial charge is 0.396 e. The minimum absolute atomic E-state index is 0.0990. The Labute approximate surface area is 144 Å². The molecule has 0 aliphatic heterocycles. The van der Waals surface area contributed by atoms with Crippen LogP contribution in [-0.4, -0.2) is 44.4 Å². The van der Waals surface area contributed by atoms with Gasteiger partial charge >= 0.3 is 22.0 Å². The van der Waals surface area contributed by atoms with Crippen molar-refractivity contribution >= 4 is 39.3 Å². The van der Waals surface area contributed by atoms with Gasteiger partial charge in [-0.25, -0.2) is 4.72 Å². The van der Waals surface area contributed by atoms with Gasteiger partial charge in [0.05, 0.1) is 11.4 Å². The molecule has 0 atom stereocenters. The molecule has 0 saturated carbocycles. The molecule has 0 unspecified atom stereocenters. The Morgan fingerprint density at radius 3 is 2.20 bits per heavy atom. The summed E-state index contributed by atoms with van der Waals surface area (Å²) in [7, 11) is -4.01. The molecule has 1 aromatic carbocycles. The number of carbonyl (C=O) groups excluding carboxylic acids is 3. The van der Waals surface area contributed by atoms with E-state index < -0.39 is 27.9 Å². The first-order valence-electron chi connectivity index (χ1n) is 7.10. The van der Waals surface area contributed by atoms with Crippen molar-refractivity contribution < 1.29 is 27.9 Å². The molecule has 0 bridgehead atoms. The molecule has 0 radical (unpaired) electrons. The van der Waals surface area contributed by atoms with E-state index in [1.165, 1.54) is 24.3 Å². The normalized spacial score (nSPS) is 10.5. The van der Waals surface area contributed by atoms with Crippen LogP contribution < -0.4 is 25.6 Å². The fourth-order valence-electron chi connectivity index (χ4n) is 1.54. The summed E-state index contributed by atoms with van der Waals surface area (Å²) in [5.74, 6) is -2.51. The predicted molar refractivity (Wildman–Crippen MR) is 89.3 cm³/mol. The van der Waals surface area contributed by atoms with Crippen LogP contribution in [-0.2, 0) is 24.6 Å². The van der Waals surface area contributed by atoms with Gasteiger partial charge in [-0.15, -0.1) is 0 Å². The number of hydrogen-bond donors (Lipinski definition) is 6. The number of hydrazine groups is 1. The summed E-state index contributed by atoms with van der Waals surface area (Å²) in [4.78, 5) is 33.6. The van der Waals surface area contributed by atoms with Gasteiger partial charge in [-0.3, -0.25) is 30.0 Å². The van der Waals surface area contributed by atoms with Gasteiger partial charge in [0.25, 0.3) is 0 Å². The van der Waals surface area contributed by atoms with Crippen LogP contribution in [0.2, 0.25) is 0 Å². The second-order valence-corrected chi connectivity index (χ2v) is 6.17. The average molecular weight is 373 g/mol. The summed E-state index contributed by atoms with van der Waals surface area (Å²) >= 11 is 0. The zero-order chi connectivity index (χ0) is 18.9. The van der Waals surface area contributed by atoms with Gasteiger partial charge in [-0.05, 0) is 30.7 Å². The van der Waals surface area contributed by atoms with Crippen LogP contribution in [0.4, 0.5) is 11.4 Å². The molecule has 0 aliphatic rings. The lowest BCUT2D eigenvalue weighted by molar-refractivity contribution is -0.138. The van der Waals surface area contributed by atoms with Crippen molar-refractivity contribution in [3.8, 4) is 0 Å². The molecule has 3 amide bonds. The number of rotatable bonds is 8. The highest BCUT2D eigenvalue weighted by atomic mass is 32.2. The second kappa shape index (κ2) is 9.44. The second-order valence-electron chi connectivity index (χ2n) is 4.75. The molecule has 6 N–H and O–H groups in total. The zero-order valence-electron chi connectivity index (χ0n) is 13.3. The summed E-state index contributed by atoms with van der Waals surface area (Å²) in [5.41, 5.74) is 5.22. The van der Waals surface area contributed by atoms with E-state index >= 15 is 0 Å². The van der Waals surface area contributed by atoms with E-state index in [0.717, 1.165) is 6.92 Å². The number of nitrogens with one attached hydrogen (secondary N) is 5. The van der Waals surface area contributed by atoms with Gasteiger partial charge in [0.2, 0.25) is 5.91 Å². The minimum atomic E-state index is -4.01. The Hall–Kier alpha value is -2.86. The van der Waals surface area contributed by atoms with Crippen molar-refractivity contribution in [3.63, 3.8) is 0 Å². The minimum Gasteiger partial charge on any atom is -0.396 e. The Bertz CT molecular complexity index is 719. The Balaban J connectivity index is 2.50. The highest BCUT2D eigenvalue weighted by Gasteiger charge is 2.13. The van der Waals surface area contributed by atoms with Crippen molar-refractivity contribution in [2.75, 3.05) is 23.3 Å². The van der Waals surface area contributed by atoms with E-state index in [9.17, 15) is 22.8 Å². The first kappa shape index (κ1) is 20.2. The van der Waals surface area contributed by atoms with Gasteiger partial charge in [0.15, 0.2) is 0 Å². The van der Waals surface area contributed by atoms with Gasteiger partial charge in [-0.1, -0.05) is 0 Å². The van der Waals surface area contributed by atoms with E-state index in [1.54, 1.807) is 4.72 Å². The van der Waals surface area contributed by atoms with E-state index in [1.807, 2.05) is 0 Å². The van der Waals surface area contributed by atoms with Crippen molar-refractivity contribution in [1.29, 1.82) is 0 Å². The Morgan fingerprint density at radius 2 is 1.64 bits per heavy atom. The Kier molecular flexibility index (Phi) is 7.62. The summed E-state index contributed by atoms with van der Waals surface area (Å²) in [6.45, 7) is 1.14. The van der Waals surface area contributed by atoms with E-state index in [4.69, 9.17) is 5.11 Å². The fourth-order valence-corrected chi connectivity index (χ4v) is 2.41. The number of benzene rings is 1. The zero-order valence-corrected chi connectivity index (χ0v) is 14.1. The number of aliphatic hydroxyl groups is 1. The molecular formula is C13H19N5O6S. The van der Waals surface area contributed by atoms with Gasteiger partial charge in [0, 0.05) is 20.1 Å². The van der Waals surface area contributed by atoms with E-state index in [0.29, 0.717) is 12.1 Å².